The highest BCUT2D eigenvalue weighted by Gasteiger charge is 2.32. The van der Waals surface area contributed by atoms with Gasteiger partial charge < -0.3 is 15.0 Å². The van der Waals surface area contributed by atoms with Crippen molar-refractivity contribution in [1.82, 2.24) is 10.2 Å². The Bertz CT molecular complexity index is 540. The van der Waals surface area contributed by atoms with E-state index in [1.54, 1.807) is 0 Å². The summed E-state index contributed by atoms with van der Waals surface area (Å²) in [6.45, 7) is 2.12. The highest BCUT2D eigenvalue weighted by Crippen LogP contribution is 2.18. The van der Waals surface area contributed by atoms with Crippen molar-refractivity contribution in [3.05, 3.63) is 35.9 Å². The Morgan fingerprint density at radius 3 is 2.83 bits per heavy atom. The smallest absolute Gasteiger partial charge is 0.245 e. The fourth-order valence-corrected chi connectivity index (χ4v) is 3.26. The topological polar surface area (TPSA) is 58.6 Å². The van der Waals surface area contributed by atoms with Gasteiger partial charge in [-0.05, 0) is 31.2 Å². The molecule has 2 aliphatic rings. The molecule has 0 bridgehead atoms. The molecule has 5 heteroatoms. The van der Waals surface area contributed by atoms with Crippen LogP contribution in [0.25, 0.3) is 0 Å². The molecule has 2 aliphatic heterocycles. The first-order valence-electron chi connectivity index (χ1n) is 8.46. The summed E-state index contributed by atoms with van der Waals surface area (Å²) in [5.41, 5.74) is 1.12. The number of rotatable bonds is 6. The van der Waals surface area contributed by atoms with Gasteiger partial charge in [-0.25, -0.2) is 0 Å². The molecule has 2 heterocycles. The van der Waals surface area contributed by atoms with Crippen LogP contribution in [0.5, 0.6) is 0 Å². The van der Waals surface area contributed by atoms with Crippen LogP contribution in [0.4, 0.5) is 0 Å². The summed E-state index contributed by atoms with van der Waals surface area (Å²) in [5, 5.41) is 2.88. The van der Waals surface area contributed by atoms with Gasteiger partial charge in [0.2, 0.25) is 11.8 Å². The van der Waals surface area contributed by atoms with Crippen LogP contribution in [0.3, 0.4) is 0 Å². The van der Waals surface area contributed by atoms with E-state index in [1.807, 2.05) is 35.2 Å². The Kier molecular flexibility index (Phi) is 5.28. The van der Waals surface area contributed by atoms with Crippen LogP contribution in [0.1, 0.15) is 37.7 Å². The van der Waals surface area contributed by atoms with E-state index >= 15 is 0 Å². The fraction of sp³-hybridized carbons (Fsp3) is 0.556. The molecule has 0 spiro atoms. The van der Waals surface area contributed by atoms with Gasteiger partial charge in [0.05, 0.1) is 6.10 Å². The molecule has 23 heavy (non-hydrogen) atoms. The normalized spacial score (nSPS) is 24.2. The third kappa shape index (κ3) is 4.32. The van der Waals surface area contributed by atoms with Crippen LogP contribution in [0.2, 0.25) is 0 Å². The fourth-order valence-electron chi connectivity index (χ4n) is 3.26. The predicted octanol–water partition coefficient (Wildman–Crippen LogP) is 1.86. The van der Waals surface area contributed by atoms with Gasteiger partial charge in [0.25, 0.3) is 0 Å². The molecule has 0 aliphatic carbocycles. The number of hydrogen-bond acceptors (Lipinski definition) is 3. The van der Waals surface area contributed by atoms with Crippen molar-refractivity contribution >= 4 is 11.8 Å². The van der Waals surface area contributed by atoms with E-state index in [2.05, 4.69) is 5.32 Å². The Morgan fingerprint density at radius 1 is 1.26 bits per heavy atom. The molecule has 2 fully saturated rings. The minimum atomic E-state index is -0.365. The Hall–Kier alpha value is -1.88. The van der Waals surface area contributed by atoms with Gasteiger partial charge in [0.15, 0.2) is 0 Å². The minimum absolute atomic E-state index is 0.0271. The van der Waals surface area contributed by atoms with Crippen molar-refractivity contribution in [2.45, 2.75) is 50.8 Å². The van der Waals surface area contributed by atoms with Gasteiger partial charge in [-0.3, -0.25) is 9.59 Å². The van der Waals surface area contributed by atoms with E-state index in [0.29, 0.717) is 25.9 Å². The maximum absolute atomic E-state index is 12.4. The minimum Gasteiger partial charge on any atom is -0.378 e. The molecular weight excluding hydrogens is 292 g/mol. The van der Waals surface area contributed by atoms with Crippen LogP contribution in [0.15, 0.2) is 30.3 Å². The van der Waals surface area contributed by atoms with Crippen molar-refractivity contribution in [2.24, 2.45) is 0 Å². The van der Waals surface area contributed by atoms with E-state index in [1.165, 1.54) is 0 Å². The molecule has 0 saturated carbocycles. The molecule has 2 atom stereocenters. The lowest BCUT2D eigenvalue weighted by Gasteiger charge is -2.17. The molecular formula is C18H24N2O3. The van der Waals surface area contributed by atoms with Crippen LogP contribution in [-0.2, 0) is 20.9 Å². The molecule has 5 nitrogen and oxygen atoms in total. The first-order valence-corrected chi connectivity index (χ1v) is 8.46. The number of likely N-dealkylation sites (tertiary alicyclic amines) is 1. The SMILES string of the molecule is O=C(CC[C@H]1CCCO1)N[C@H]1CCN(Cc2ccccc2)C1=O. The number of nitrogens with zero attached hydrogens (tertiary/aromatic N) is 1. The van der Waals surface area contributed by atoms with E-state index in [-0.39, 0.29) is 24.0 Å². The van der Waals surface area contributed by atoms with E-state index in [0.717, 1.165) is 31.4 Å². The van der Waals surface area contributed by atoms with Crippen LogP contribution >= 0.6 is 0 Å². The Morgan fingerprint density at radius 2 is 2.09 bits per heavy atom. The van der Waals surface area contributed by atoms with Crippen molar-refractivity contribution < 1.29 is 14.3 Å². The third-order valence-electron chi connectivity index (χ3n) is 4.57. The van der Waals surface area contributed by atoms with E-state index < -0.39 is 0 Å². The lowest BCUT2D eigenvalue weighted by molar-refractivity contribution is -0.133. The summed E-state index contributed by atoms with van der Waals surface area (Å²) in [5.74, 6) is -0.0141. The number of nitrogens with one attached hydrogen (secondary N) is 1. The summed E-state index contributed by atoms with van der Waals surface area (Å²) in [6, 6.07) is 9.57. The lowest BCUT2D eigenvalue weighted by atomic mass is 10.1. The third-order valence-corrected chi connectivity index (χ3v) is 4.57. The molecule has 1 aromatic rings. The number of amides is 2. The first kappa shape index (κ1) is 16.0. The summed E-state index contributed by atoms with van der Waals surface area (Å²) in [6.07, 6.45) is 4.22. The standard InChI is InChI=1S/C18H24N2O3/c21-17(9-8-15-7-4-12-23-15)19-16-10-11-20(18(16)22)13-14-5-2-1-3-6-14/h1-3,5-6,15-16H,4,7-13H2,(H,19,21)/t15-,16+/m1/s1. The van der Waals surface area contributed by atoms with Gasteiger partial charge in [-0.2, -0.15) is 0 Å². The number of benzene rings is 1. The average molecular weight is 316 g/mol. The molecule has 2 amide bonds. The molecule has 0 radical (unpaired) electrons. The largest absolute Gasteiger partial charge is 0.378 e. The van der Waals surface area contributed by atoms with Gasteiger partial charge in [0, 0.05) is 26.1 Å². The molecule has 1 N–H and O–H groups in total. The summed E-state index contributed by atoms with van der Waals surface area (Å²) >= 11 is 0. The van der Waals surface area contributed by atoms with Crippen LogP contribution < -0.4 is 5.32 Å². The van der Waals surface area contributed by atoms with Gasteiger partial charge in [-0.15, -0.1) is 0 Å². The van der Waals surface area contributed by atoms with E-state index in [9.17, 15) is 9.59 Å². The zero-order valence-corrected chi connectivity index (χ0v) is 13.4. The Labute approximate surface area is 137 Å². The van der Waals surface area contributed by atoms with Gasteiger partial charge in [0.1, 0.15) is 6.04 Å². The Balaban J connectivity index is 1.44. The van der Waals surface area contributed by atoms with Crippen molar-refractivity contribution in [2.75, 3.05) is 13.2 Å². The zero-order chi connectivity index (χ0) is 16.1. The molecule has 0 unspecified atom stereocenters. The second-order valence-electron chi connectivity index (χ2n) is 6.33. The van der Waals surface area contributed by atoms with Gasteiger partial charge >= 0.3 is 0 Å². The molecule has 124 valence electrons. The number of carbonyl (C=O) groups is 2. The predicted molar refractivity (Wildman–Crippen MR) is 86.6 cm³/mol. The monoisotopic (exact) mass is 316 g/mol. The lowest BCUT2D eigenvalue weighted by Crippen LogP contribution is -2.41. The average Bonchev–Trinajstić information content (AvgIpc) is 3.19. The maximum atomic E-state index is 12.4. The van der Waals surface area contributed by atoms with Crippen molar-refractivity contribution in [1.29, 1.82) is 0 Å². The highest BCUT2D eigenvalue weighted by atomic mass is 16.5. The first-order chi connectivity index (χ1) is 11.2. The van der Waals surface area contributed by atoms with Crippen LogP contribution in [-0.4, -0.2) is 42.0 Å². The quantitative estimate of drug-likeness (QED) is 0.871. The number of ether oxygens (including phenoxy) is 1. The molecule has 0 aromatic heterocycles. The molecule has 1 aromatic carbocycles. The molecule has 3 rings (SSSR count). The second kappa shape index (κ2) is 7.59. The van der Waals surface area contributed by atoms with Crippen molar-refractivity contribution in [3.8, 4) is 0 Å². The number of hydrogen-bond donors (Lipinski definition) is 1. The second-order valence-corrected chi connectivity index (χ2v) is 6.33. The summed E-state index contributed by atoms with van der Waals surface area (Å²) in [4.78, 5) is 26.2. The van der Waals surface area contributed by atoms with Crippen LogP contribution in [0, 0.1) is 0 Å². The van der Waals surface area contributed by atoms with E-state index in [4.69, 9.17) is 4.74 Å². The zero-order valence-electron chi connectivity index (χ0n) is 13.4. The summed E-state index contributed by atoms with van der Waals surface area (Å²) < 4.78 is 5.52. The highest BCUT2D eigenvalue weighted by molar-refractivity contribution is 5.89. The maximum Gasteiger partial charge on any atom is 0.245 e. The van der Waals surface area contributed by atoms with Gasteiger partial charge in [-0.1, -0.05) is 30.3 Å². The number of carbonyl (C=O) groups excluding carboxylic acids is 2. The summed E-state index contributed by atoms with van der Waals surface area (Å²) in [7, 11) is 0. The molecule has 2 saturated heterocycles. The van der Waals surface area contributed by atoms with Crippen molar-refractivity contribution in [3.63, 3.8) is 0 Å².